The number of halogens is 1. The highest BCUT2D eigenvalue weighted by Gasteiger charge is 2.19. The maximum Gasteiger partial charge on any atom is 0.270 e. The molecule has 1 heterocycles. The molecule has 1 amide bonds. The summed E-state index contributed by atoms with van der Waals surface area (Å²) < 4.78 is 2.85. The molecule has 0 atom stereocenters. The average Bonchev–Trinajstić information content (AvgIpc) is 3.26. The number of hydrogen-bond acceptors (Lipinski definition) is 7. The fourth-order valence-corrected chi connectivity index (χ4v) is 4.64. The van der Waals surface area contributed by atoms with Gasteiger partial charge in [-0.05, 0) is 55.3 Å². The number of nitrogens with one attached hydrogen (secondary N) is 1. The Morgan fingerprint density at radius 1 is 1.11 bits per heavy atom. The van der Waals surface area contributed by atoms with Gasteiger partial charge in [0.2, 0.25) is 5.91 Å². The monoisotopic (exact) mass is 562 g/mol. The molecule has 0 radical (unpaired) electrons. The SMILES string of the molecule is Cc1cc(C)cc(-n2c(SCC(=O)Nc3ccc([N+](=O)[O-])cc3C#N)nnc2-c2ccc(Br)cc2)c1. The summed E-state index contributed by atoms with van der Waals surface area (Å²) in [5, 5.41) is 32.2. The van der Waals surface area contributed by atoms with E-state index in [1.165, 1.54) is 23.9 Å². The van der Waals surface area contributed by atoms with E-state index in [0.717, 1.165) is 32.9 Å². The molecule has 180 valence electrons. The molecule has 0 fully saturated rings. The molecule has 0 unspecified atom stereocenters. The number of benzene rings is 3. The first-order valence-electron chi connectivity index (χ1n) is 10.7. The molecular weight excluding hydrogens is 544 g/mol. The normalized spacial score (nSPS) is 10.6. The number of carbonyl (C=O) groups excluding carboxylic acids is 1. The average molecular weight is 563 g/mol. The van der Waals surface area contributed by atoms with Gasteiger partial charge in [-0.2, -0.15) is 5.26 Å². The topological polar surface area (TPSA) is 127 Å². The van der Waals surface area contributed by atoms with Crippen LogP contribution in [0, 0.1) is 35.3 Å². The Hall–Kier alpha value is -4.01. The van der Waals surface area contributed by atoms with Crippen molar-refractivity contribution in [1.82, 2.24) is 14.8 Å². The van der Waals surface area contributed by atoms with Crippen LogP contribution >= 0.6 is 27.7 Å². The van der Waals surface area contributed by atoms with Crippen LogP contribution in [0.5, 0.6) is 0 Å². The summed E-state index contributed by atoms with van der Waals surface area (Å²) >= 11 is 4.65. The van der Waals surface area contributed by atoms with Gasteiger partial charge in [0, 0.05) is 22.2 Å². The quantitative estimate of drug-likeness (QED) is 0.170. The Morgan fingerprint density at radius 2 is 1.81 bits per heavy atom. The summed E-state index contributed by atoms with van der Waals surface area (Å²) in [5.74, 6) is 0.244. The van der Waals surface area contributed by atoms with Gasteiger partial charge >= 0.3 is 0 Å². The number of anilines is 1. The van der Waals surface area contributed by atoms with Gasteiger partial charge in [0.15, 0.2) is 11.0 Å². The molecule has 36 heavy (non-hydrogen) atoms. The Labute approximate surface area is 219 Å². The van der Waals surface area contributed by atoms with Crippen molar-refractivity contribution in [2.24, 2.45) is 0 Å². The molecule has 1 aromatic heterocycles. The lowest BCUT2D eigenvalue weighted by Gasteiger charge is -2.12. The Morgan fingerprint density at radius 3 is 2.44 bits per heavy atom. The highest BCUT2D eigenvalue weighted by molar-refractivity contribution is 9.10. The number of aromatic nitrogens is 3. The maximum atomic E-state index is 12.7. The van der Waals surface area contributed by atoms with Crippen LogP contribution in [0.1, 0.15) is 16.7 Å². The Kier molecular flexibility index (Phi) is 7.47. The van der Waals surface area contributed by atoms with E-state index in [0.29, 0.717) is 11.0 Å². The number of rotatable bonds is 7. The van der Waals surface area contributed by atoms with E-state index in [9.17, 15) is 20.2 Å². The molecule has 1 N–H and O–H groups in total. The summed E-state index contributed by atoms with van der Waals surface area (Å²) in [6.45, 7) is 4.02. The number of nitro groups is 1. The summed E-state index contributed by atoms with van der Waals surface area (Å²) in [6.07, 6.45) is 0. The zero-order valence-electron chi connectivity index (χ0n) is 19.2. The van der Waals surface area contributed by atoms with E-state index >= 15 is 0 Å². The van der Waals surface area contributed by atoms with Gasteiger partial charge in [0.25, 0.3) is 5.69 Å². The molecule has 0 saturated heterocycles. The number of non-ortho nitro benzene ring substituents is 1. The maximum absolute atomic E-state index is 12.7. The number of aryl methyl sites for hydroxylation is 2. The zero-order valence-corrected chi connectivity index (χ0v) is 21.6. The fourth-order valence-electron chi connectivity index (χ4n) is 3.63. The van der Waals surface area contributed by atoms with Crippen LogP contribution in [0.25, 0.3) is 17.1 Å². The van der Waals surface area contributed by atoms with Gasteiger partial charge in [-0.1, -0.05) is 45.9 Å². The number of nitriles is 1. The third-order valence-corrected chi connectivity index (χ3v) is 6.60. The first-order valence-corrected chi connectivity index (χ1v) is 12.4. The zero-order chi connectivity index (χ0) is 25.8. The second-order valence-corrected chi connectivity index (χ2v) is 9.79. The smallest absolute Gasteiger partial charge is 0.270 e. The molecule has 4 rings (SSSR count). The molecule has 11 heteroatoms. The van der Waals surface area contributed by atoms with Gasteiger partial charge in [0.1, 0.15) is 6.07 Å². The number of carbonyl (C=O) groups is 1. The van der Waals surface area contributed by atoms with Crippen LogP contribution in [0.2, 0.25) is 0 Å². The van der Waals surface area contributed by atoms with Crippen LogP contribution in [0.4, 0.5) is 11.4 Å². The predicted octanol–water partition coefficient (Wildman–Crippen LogP) is 5.82. The van der Waals surface area contributed by atoms with Gasteiger partial charge < -0.3 is 5.32 Å². The molecule has 0 aliphatic heterocycles. The van der Waals surface area contributed by atoms with Crippen LogP contribution in [-0.4, -0.2) is 31.3 Å². The van der Waals surface area contributed by atoms with E-state index in [-0.39, 0.29) is 28.6 Å². The van der Waals surface area contributed by atoms with Crippen LogP contribution in [0.15, 0.2) is 70.3 Å². The minimum atomic E-state index is -0.592. The van der Waals surface area contributed by atoms with Crippen molar-refractivity contribution in [3.05, 3.63) is 91.9 Å². The van der Waals surface area contributed by atoms with Crippen LogP contribution < -0.4 is 5.32 Å². The summed E-state index contributed by atoms with van der Waals surface area (Å²) in [5.41, 5.74) is 3.90. The lowest BCUT2D eigenvalue weighted by Crippen LogP contribution is -2.15. The molecule has 0 aliphatic carbocycles. The van der Waals surface area contributed by atoms with Crippen molar-refractivity contribution in [2.75, 3.05) is 11.1 Å². The van der Waals surface area contributed by atoms with Crippen LogP contribution in [-0.2, 0) is 4.79 Å². The summed E-state index contributed by atoms with van der Waals surface area (Å²) in [7, 11) is 0. The lowest BCUT2D eigenvalue weighted by atomic mass is 10.1. The lowest BCUT2D eigenvalue weighted by molar-refractivity contribution is -0.384. The van der Waals surface area contributed by atoms with Crippen molar-refractivity contribution in [1.29, 1.82) is 5.26 Å². The third-order valence-electron chi connectivity index (χ3n) is 5.14. The fraction of sp³-hybridized carbons (Fsp3) is 0.120. The molecule has 4 aromatic rings. The largest absolute Gasteiger partial charge is 0.324 e. The molecule has 9 nitrogen and oxygen atoms in total. The van der Waals surface area contributed by atoms with Gasteiger partial charge in [-0.25, -0.2) is 0 Å². The van der Waals surface area contributed by atoms with Crippen molar-refractivity contribution in [3.8, 4) is 23.1 Å². The molecule has 3 aromatic carbocycles. The Balaban J connectivity index is 1.62. The highest BCUT2D eigenvalue weighted by atomic mass is 79.9. The molecule has 0 bridgehead atoms. The molecular formula is C25H19BrN6O3S. The summed E-state index contributed by atoms with van der Waals surface area (Å²) in [6, 6.07) is 19.4. The molecule has 0 spiro atoms. The standard InChI is InChI=1S/C25H19BrN6O3S/c1-15-9-16(2)11-21(10-15)31-24(17-3-5-19(26)6-4-17)29-30-25(31)36-14-23(33)28-22-8-7-20(32(34)35)12-18(22)13-27/h3-12H,14H2,1-2H3,(H,28,33). The summed E-state index contributed by atoms with van der Waals surface area (Å²) in [4.78, 5) is 23.1. The van der Waals surface area contributed by atoms with E-state index < -0.39 is 4.92 Å². The van der Waals surface area contributed by atoms with E-state index in [4.69, 9.17) is 0 Å². The number of hydrogen-bond donors (Lipinski definition) is 1. The highest BCUT2D eigenvalue weighted by Crippen LogP contribution is 2.30. The second-order valence-electron chi connectivity index (χ2n) is 7.93. The van der Waals surface area contributed by atoms with Gasteiger partial charge in [-0.3, -0.25) is 19.5 Å². The Bertz CT molecular complexity index is 1490. The minimum Gasteiger partial charge on any atom is -0.324 e. The van der Waals surface area contributed by atoms with Crippen molar-refractivity contribution < 1.29 is 9.72 Å². The second kappa shape index (κ2) is 10.7. The van der Waals surface area contributed by atoms with Crippen molar-refractivity contribution >= 4 is 45.0 Å². The van der Waals surface area contributed by atoms with E-state index in [1.54, 1.807) is 0 Å². The minimum absolute atomic E-state index is 0.00880. The first kappa shape index (κ1) is 25.1. The van der Waals surface area contributed by atoms with E-state index in [2.05, 4.69) is 37.5 Å². The molecule has 0 aliphatic rings. The van der Waals surface area contributed by atoms with Crippen molar-refractivity contribution in [2.45, 2.75) is 19.0 Å². The predicted molar refractivity (Wildman–Crippen MR) is 141 cm³/mol. The molecule has 0 saturated carbocycles. The third kappa shape index (κ3) is 5.62. The number of nitro benzene ring substituents is 1. The number of thioether (sulfide) groups is 1. The van der Waals surface area contributed by atoms with Crippen LogP contribution in [0.3, 0.4) is 0 Å². The van der Waals surface area contributed by atoms with E-state index in [1.807, 2.05) is 60.9 Å². The van der Waals surface area contributed by atoms with Gasteiger partial charge in [0.05, 0.1) is 27.6 Å². The van der Waals surface area contributed by atoms with Gasteiger partial charge in [-0.15, -0.1) is 10.2 Å². The first-order chi connectivity index (χ1) is 17.2. The number of amides is 1. The van der Waals surface area contributed by atoms with Crippen molar-refractivity contribution in [3.63, 3.8) is 0 Å². The number of nitrogens with zero attached hydrogens (tertiary/aromatic N) is 5.